The second-order valence-corrected chi connectivity index (χ2v) is 6.75. The van der Waals surface area contributed by atoms with Crippen molar-refractivity contribution in [2.75, 3.05) is 5.32 Å². The van der Waals surface area contributed by atoms with E-state index in [4.69, 9.17) is 24.4 Å². The minimum atomic E-state index is 0.493. The molecule has 0 saturated heterocycles. The summed E-state index contributed by atoms with van der Waals surface area (Å²) < 4.78 is 0. The molecule has 6 heteroatoms. The first-order chi connectivity index (χ1) is 10.5. The van der Waals surface area contributed by atoms with E-state index in [1.807, 2.05) is 12.1 Å². The lowest BCUT2D eigenvalue weighted by atomic mass is 10.0. The summed E-state index contributed by atoms with van der Waals surface area (Å²) in [6.07, 6.45) is 4.93. The van der Waals surface area contributed by atoms with Gasteiger partial charge in [-0.05, 0) is 60.9 Å². The Morgan fingerprint density at radius 1 is 1.00 bits per heavy atom. The summed E-state index contributed by atoms with van der Waals surface area (Å²) >= 11 is 10.5. The number of hydrogen-bond acceptors (Lipinski definition) is 2. The lowest BCUT2D eigenvalue weighted by Crippen LogP contribution is -2.50. The first-order valence-electron chi connectivity index (χ1n) is 7.78. The molecule has 0 radical (unpaired) electrons. The standard InChI is InChI=1S/C16H24N4S2/c1-11(2)12-7-9-14(10-8-12)18-16(22)20-19-15(21)17-13-5-3-4-6-13/h7-11,13H,3-6H2,1-2H3,(H2,17,19,21)(H2,18,20,22). The third-order valence-corrected chi connectivity index (χ3v) is 4.24. The van der Waals surface area contributed by atoms with Crippen LogP contribution in [0.4, 0.5) is 5.69 Å². The van der Waals surface area contributed by atoms with Crippen LogP contribution < -0.4 is 21.5 Å². The molecule has 1 aliphatic rings. The van der Waals surface area contributed by atoms with Crippen molar-refractivity contribution in [2.45, 2.75) is 51.5 Å². The number of rotatable bonds is 3. The van der Waals surface area contributed by atoms with Crippen molar-refractivity contribution < 1.29 is 0 Å². The molecule has 1 aromatic carbocycles. The molecule has 0 amide bonds. The van der Waals surface area contributed by atoms with Crippen LogP contribution >= 0.6 is 24.4 Å². The van der Waals surface area contributed by atoms with Crippen molar-refractivity contribution in [3.05, 3.63) is 29.8 Å². The minimum absolute atomic E-state index is 0.493. The molecule has 4 N–H and O–H groups in total. The van der Waals surface area contributed by atoms with Crippen molar-refractivity contribution in [2.24, 2.45) is 0 Å². The van der Waals surface area contributed by atoms with Gasteiger partial charge in [0, 0.05) is 11.7 Å². The Hall–Kier alpha value is -1.40. The second kappa shape index (κ2) is 8.29. The first kappa shape index (κ1) is 17.0. The van der Waals surface area contributed by atoms with Crippen LogP contribution in [-0.2, 0) is 0 Å². The van der Waals surface area contributed by atoms with Gasteiger partial charge in [-0.25, -0.2) is 0 Å². The van der Waals surface area contributed by atoms with Crippen molar-refractivity contribution >= 4 is 40.3 Å². The zero-order valence-corrected chi connectivity index (χ0v) is 14.7. The smallest absolute Gasteiger partial charge is 0.189 e. The van der Waals surface area contributed by atoms with Gasteiger partial charge in [0.25, 0.3) is 0 Å². The Morgan fingerprint density at radius 3 is 2.18 bits per heavy atom. The van der Waals surface area contributed by atoms with Crippen molar-refractivity contribution in [3.63, 3.8) is 0 Å². The maximum Gasteiger partial charge on any atom is 0.189 e. The molecule has 0 unspecified atom stereocenters. The summed E-state index contributed by atoms with van der Waals surface area (Å²) in [4.78, 5) is 0. The molecule has 120 valence electrons. The predicted octanol–water partition coefficient (Wildman–Crippen LogP) is 3.42. The number of thiocarbonyl (C=S) groups is 2. The summed E-state index contributed by atoms with van der Waals surface area (Å²) in [6, 6.07) is 8.76. The van der Waals surface area contributed by atoms with Crippen LogP contribution in [0.25, 0.3) is 0 Å². The quantitative estimate of drug-likeness (QED) is 0.501. The van der Waals surface area contributed by atoms with Gasteiger partial charge in [-0.2, -0.15) is 0 Å². The Kier molecular flexibility index (Phi) is 6.39. The predicted molar refractivity (Wildman–Crippen MR) is 101 cm³/mol. The average molecular weight is 337 g/mol. The maximum atomic E-state index is 5.25. The van der Waals surface area contributed by atoms with Gasteiger partial charge in [0.1, 0.15) is 0 Å². The Labute approximate surface area is 143 Å². The molecule has 1 saturated carbocycles. The molecule has 1 fully saturated rings. The molecular weight excluding hydrogens is 312 g/mol. The summed E-state index contributed by atoms with van der Waals surface area (Å²) in [6.45, 7) is 4.35. The Balaban J connectivity index is 1.71. The van der Waals surface area contributed by atoms with E-state index in [2.05, 4.69) is 47.5 Å². The van der Waals surface area contributed by atoms with Crippen LogP contribution in [0.3, 0.4) is 0 Å². The molecule has 2 rings (SSSR count). The monoisotopic (exact) mass is 336 g/mol. The summed E-state index contributed by atoms with van der Waals surface area (Å²) in [5.74, 6) is 0.528. The zero-order chi connectivity index (χ0) is 15.9. The zero-order valence-electron chi connectivity index (χ0n) is 13.1. The van der Waals surface area contributed by atoms with E-state index >= 15 is 0 Å². The summed E-state index contributed by atoms with van der Waals surface area (Å²) in [5, 5.41) is 7.50. The van der Waals surface area contributed by atoms with Crippen molar-refractivity contribution in [3.8, 4) is 0 Å². The number of hydrazine groups is 1. The van der Waals surface area contributed by atoms with Crippen LogP contribution in [-0.4, -0.2) is 16.3 Å². The summed E-state index contributed by atoms with van der Waals surface area (Å²) in [7, 11) is 0. The van der Waals surface area contributed by atoms with Crippen LogP contribution in [0.15, 0.2) is 24.3 Å². The van der Waals surface area contributed by atoms with Crippen molar-refractivity contribution in [1.29, 1.82) is 0 Å². The minimum Gasteiger partial charge on any atom is -0.359 e. The SMILES string of the molecule is CC(C)c1ccc(NC(=S)NNC(=S)NC2CCCC2)cc1. The van der Waals surface area contributed by atoms with E-state index in [0.29, 0.717) is 22.2 Å². The Bertz CT molecular complexity index is 507. The van der Waals surface area contributed by atoms with E-state index < -0.39 is 0 Å². The highest BCUT2D eigenvalue weighted by molar-refractivity contribution is 7.80. The molecule has 1 aliphatic carbocycles. The van der Waals surface area contributed by atoms with Gasteiger partial charge in [0.05, 0.1) is 0 Å². The highest BCUT2D eigenvalue weighted by Gasteiger charge is 2.15. The molecule has 22 heavy (non-hydrogen) atoms. The third kappa shape index (κ3) is 5.42. The molecule has 0 aliphatic heterocycles. The van der Waals surface area contributed by atoms with Gasteiger partial charge >= 0.3 is 0 Å². The molecule has 0 aromatic heterocycles. The van der Waals surface area contributed by atoms with Gasteiger partial charge in [-0.15, -0.1) is 0 Å². The molecule has 0 spiro atoms. The van der Waals surface area contributed by atoms with Gasteiger partial charge in [0.2, 0.25) is 0 Å². The van der Waals surface area contributed by atoms with Crippen LogP contribution in [0.2, 0.25) is 0 Å². The van der Waals surface area contributed by atoms with E-state index in [-0.39, 0.29) is 0 Å². The molecule has 0 atom stereocenters. The van der Waals surface area contributed by atoms with Gasteiger partial charge < -0.3 is 10.6 Å². The van der Waals surface area contributed by atoms with E-state index in [9.17, 15) is 0 Å². The molecule has 0 heterocycles. The van der Waals surface area contributed by atoms with Crippen molar-refractivity contribution in [1.82, 2.24) is 16.2 Å². The first-order valence-corrected chi connectivity index (χ1v) is 8.59. The molecular formula is C16H24N4S2. The fourth-order valence-electron chi connectivity index (χ4n) is 2.52. The number of hydrogen-bond donors (Lipinski definition) is 4. The molecule has 0 bridgehead atoms. The third-order valence-electron chi connectivity index (χ3n) is 3.82. The van der Waals surface area contributed by atoms with Gasteiger partial charge in [0.15, 0.2) is 10.2 Å². The number of benzene rings is 1. The van der Waals surface area contributed by atoms with Crippen LogP contribution in [0.1, 0.15) is 51.0 Å². The average Bonchev–Trinajstić information content (AvgIpc) is 2.98. The summed E-state index contributed by atoms with van der Waals surface area (Å²) in [5.41, 5.74) is 8.10. The largest absolute Gasteiger partial charge is 0.359 e. The maximum absolute atomic E-state index is 5.25. The fourth-order valence-corrected chi connectivity index (χ4v) is 2.91. The molecule has 4 nitrogen and oxygen atoms in total. The van der Waals surface area contributed by atoms with Gasteiger partial charge in [-0.1, -0.05) is 38.8 Å². The van der Waals surface area contributed by atoms with E-state index in [1.165, 1.54) is 31.2 Å². The highest BCUT2D eigenvalue weighted by atomic mass is 32.1. The van der Waals surface area contributed by atoms with Crippen LogP contribution in [0.5, 0.6) is 0 Å². The highest BCUT2D eigenvalue weighted by Crippen LogP contribution is 2.18. The van der Waals surface area contributed by atoms with Crippen LogP contribution in [0, 0.1) is 0 Å². The normalized spacial score (nSPS) is 14.7. The Morgan fingerprint density at radius 2 is 1.59 bits per heavy atom. The van der Waals surface area contributed by atoms with E-state index in [0.717, 1.165) is 5.69 Å². The van der Waals surface area contributed by atoms with Gasteiger partial charge in [-0.3, -0.25) is 10.9 Å². The lowest BCUT2D eigenvalue weighted by molar-refractivity contribution is 0.618. The second-order valence-electron chi connectivity index (χ2n) is 5.94. The van der Waals surface area contributed by atoms with E-state index in [1.54, 1.807) is 0 Å². The fraction of sp³-hybridized carbons (Fsp3) is 0.500. The lowest BCUT2D eigenvalue weighted by Gasteiger charge is -2.17. The topological polar surface area (TPSA) is 48.1 Å². The number of anilines is 1. The number of nitrogens with one attached hydrogen (secondary N) is 4. The molecule has 1 aromatic rings.